The van der Waals surface area contributed by atoms with Crippen molar-refractivity contribution in [3.05, 3.63) is 107 Å². The minimum absolute atomic E-state index is 0.191. The molecule has 0 bridgehead atoms. The summed E-state index contributed by atoms with van der Waals surface area (Å²) < 4.78 is 12.2. The van der Waals surface area contributed by atoms with Crippen LogP contribution in [0.3, 0.4) is 0 Å². The van der Waals surface area contributed by atoms with Gasteiger partial charge in [0.15, 0.2) is 0 Å². The lowest BCUT2D eigenvalue weighted by molar-refractivity contribution is -0.111. The topological polar surface area (TPSA) is 90.3 Å². The molecule has 1 unspecified atom stereocenters. The molecule has 1 aromatic heterocycles. The van der Waals surface area contributed by atoms with Gasteiger partial charge < -0.3 is 14.8 Å². The van der Waals surface area contributed by atoms with E-state index in [1.54, 1.807) is 25.0 Å². The summed E-state index contributed by atoms with van der Waals surface area (Å²) in [5, 5.41) is 11.3. The van der Waals surface area contributed by atoms with Gasteiger partial charge in [0, 0.05) is 16.8 Å². The maximum Gasteiger partial charge on any atom is 0.250 e. The first-order chi connectivity index (χ1) is 18.0. The highest BCUT2D eigenvalue weighted by Gasteiger charge is 2.25. The largest absolute Gasteiger partial charge is 0.497 e. The number of aromatic nitrogens is 3. The van der Waals surface area contributed by atoms with Crippen molar-refractivity contribution in [2.45, 2.75) is 6.04 Å². The number of allylic oxidation sites excluding steroid dienone is 1. The summed E-state index contributed by atoms with van der Waals surface area (Å²) in [6.45, 7) is 0. The molecule has 37 heavy (non-hydrogen) atoms. The Balaban J connectivity index is 1.41. The molecule has 9 heteroatoms. The molecule has 5 rings (SSSR count). The number of carbonyl (C=O) groups is 1. The average Bonchev–Trinajstić information content (AvgIpc) is 3.34. The zero-order chi connectivity index (χ0) is 25.8. The third-order valence-electron chi connectivity index (χ3n) is 5.86. The summed E-state index contributed by atoms with van der Waals surface area (Å²) in [5.74, 6) is 1.86. The van der Waals surface area contributed by atoms with Crippen molar-refractivity contribution in [1.29, 1.82) is 0 Å². The zero-order valence-corrected chi connectivity index (χ0v) is 20.9. The van der Waals surface area contributed by atoms with Gasteiger partial charge in [-0.05, 0) is 65.2 Å². The average molecular weight is 514 g/mol. The van der Waals surface area contributed by atoms with Crippen LogP contribution in [0.1, 0.15) is 22.7 Å². The van der Waals surface area contributed by atoms with E-state index in [0.29, 0.717) is 11.0 Å². The molecule has 3 aromatic carbocycles. The molecule has 1 aliphatic heterocycles. The summed E-state index contributed by atoms with van der Waals surface area (Å²) >= 11 is 6.09. The second kappa shape index (κ2) is 10.6. The maximum absolute atomic E-state index is 12.6. The number of rotatable bonds is 7. The van der Waals surface area contributed by atoms with Crippen LogP contribution in [0.2, 0.25) is 5.02 Å². The Morgan fingerprint density at radius 1 is 0.973 bits per heavy atom. The van der Waals surface area contributed by atoms with Crippen LogP contribution in [-0.4, -0.2) is 34.9 Å². The highest BCUT2D eigenvalue weighted by atomic mass is 35.5. The van der Waals surface area contributed by atoms with Crippen molar-refractivity contribution in [3.63, 3.8) is 0 Å². The maximum atomic E-state index is 12.6. The molecule has 186 valence electrons. The van der Waals surface area contributed by atoms with Gasteiger partial charge in [-0.3, -0.25) is 10.1 Å². The number of ether oxygens (including phenoxy) is 2. The zero-order valence-electron chi connectivity index (χ0n) is 20.2. The minimum Gasteiger partial charge on any atom is -0.497 e. The summed E-state index contributed by atoms with van der Waals surface area (Å²) in [6, 6.07) is 22.4. The molecular weight excluding hydrogens is 490 g/mol. The van der Waals surface area contributed by atoms with Gasteiger partial charge in [-0.15, -0.1) is 5.10 Å². The Bertz CT molecular complexity index is 1460. The fourth-order valence-corrected chi connectivity index (χ4v) is 4.05. The number of hydrogen-bond donors (Lipinski definition) is 2. The second-order valence-corrected chi connectivity index (χ2v) is 8.67. The predicted molar refractivity (Wildman–Crippen MR) is 145 cm³/mol. The van der Waals surface area contributed by atoms with E-state index in [-0.39, 0.29) is 17.9 Å². The fourth-order valence-electron chi connectivity index (χ4n) is 3.92. The van der Waals surface area contributed by atoms with Crippen molar-refractivity contribution >= 4 is 41.2 Å². The van der Waals surface area contributed by atoms with E-state index in [0.717, 1.165) is 33.9 Å². The Hall–Kier alpha value is -4.56. The smallest absolute Gasteiger partial charge is 0.250 e. The molecule has 0 saturated carbocycles. The third kappa shape index (κ3) is 5.49. The molecule has 1 aliphatic rings. The molecular formula is C28H24ClN5O3. The minimum atomic E-state index is -0.342. The number of benzene rings is 3. The van der Waals surface area contributed by atoms with E-state index >= 15 is 0 Å². The van der Waals surface area contributed by atoms with Crippen LogP contribution in [0.5, 0.6) is 11.5 Å². The lowest BCUT2D eigenvalue weighted by atomic mass is 10.0. The highest BCUT2D eigenvalue weighted by Crippen LogP contribution is 2.34. The molecule has 0 spiro atoms. The molecule has 1 atom stereocenters. The molecule has 2 N–H and O–H groups in total. The van der Waals surface area contributed by atoms with Gasteiger partial charge in [-0.2, -0.15) is 4.98 Å². The van der Waals surface area contributed by atoms with E-state index in [2.05, 4.69) is 26.8 Å². The van der Waals surface area contributed by atoms with Gasteiger partial charge in [0.1, 0.15) is 17.5 Å². The van der Waals surface area contributed by atoms with E-state index in [1.807, 2.05) is 72.8 Å². The van der Waals surface area contributed by atoms with Crippen molar-refractivity contribution in [1.82, 2.24) is 14.8 Å². The van der Waals surface area contributed by atoms with Crippen LogP contribution in [0.15, 0.2) is 84.9 Å². The van der Waals surface area contributed by atoms with Crippen molar-refractivity contribution in [3.8, 4) is 11.5 Å². The van der Waals surface area contributed by atoms with Gasteiger partial charge in [-0.25, -0.2) is 4.68 Å². The van der Waals surface area contributed by atoms with E-state index in [9.17, 15) is 4.79 Å². The van der Waals surface area contributed by atoms with Crippen LogP contribution in [0.25, 0.3) is 11.8 Å². The van der Waals surface area contributed by atoms with Crippen LogP contribution >= 0.6 is 11.6 Å². The number of nitrogens with one attached hydrogen (secondary N) is 2. The number of amides is 1. The van der Waals surface area contributed by atoms with Gasteiger partial charge in [0.05, 0.1) is 14.2 Å². The Kier molecular flexibility index (Phi) is 6.91. The van der Waals surface area contributed by atoms with Gasteiger partial charge in [0.2, 0.25) is 5.95 Å². The normalized spacial score (nSPS) is 14.5. The van der Waals surface area contributed by atoms with Gasteiger partial charge in [0.25, 0.3) is 11.9 Å². The number of nitrogens with zero attached hydrogens (tertiary/aromatic N) is 3. The second-order valence-electron chi connectivity index (χ2n) is 8.23. The van der Waals surface area contributed by atoms with E-state index < -0.39 is 0 Å². The Morgan fingerprint density at radius 3 is 2.27 bits per heavy atom. The molecule has 0 aliphatic carbocycles. The van der Waals surface area contributed by atoms with Gasteiger partial charge in [-0.1, -0.05) is 48.0 Å². The van der Waals surface area contributed by atoms with Crippen LogP contribution in [0, 0.1) is 0 Å². The molecule has 0 saturated heterocycles. The fraction of sp³-hybridized carbons (Fsp3) is 0.107. The first-order valence-electron chi connectivity index (χ1n) is 11.5. The van der Waals surface area contributed by atoms with Crippen molar-refractivity contribution in [2.75, 3.05) is 24.9 Å². The monoisotopic (exact) mass is 513 g/mol. The third-order valence-corrected chi connectivity index (χ3v) is 6.11. The van der Waals surface area contributed by atoms with Crippen molar-refractivity contribution < 1.29 is 14.3 Å². The number of halogens is 1. The van der Waals surface area contributed by atoms with Crippen LogP contribution < -0.4 is 20.1 Å². The lowest BCUT2D eigenvalue weighted by Gasteiger charge is -2.24. The first-order valence-corrected chi connectivity index (χ1v) is 11.9. The van der Waals surface area contributed by atoms with Crippen LogP contribution in [0.4, 0.5) is 11.9 Å². The molecule has 0 radical (unpaired) electrons. The summed E-state index contributed by atoms with van der Waals surface area (Å²) in [4.78, 5) is 17.1. The first kappa shape index (κ1) is 24.1. The number of fused-ring (bicyclic) bond motifs is 1. The Morgan fingerprint density at radius 2 is 1.62 bits per heavy atom. The Labute approximate surface area is 219 Å². The summed E-state index contributed by atoms with van der Waals surface area (Å²) in [5.41, 5.74) is 3.66. The number of anilines is 2. The van der Waals surface area contributed by atoms with E-state index in [1.165, 1.54) is 6.08 Å². The molecule has 2 heterocycles. The summed E-state index contributed by atoms with van der Waals surface area (Å²) in [7, 11) is 3.24. The molecule has 0 fully saturated rings. The summed E-state index contributed by atoms with van der Waals surface area (Å²) in [6.07, 6.45) is 5.21. The van der Waals surface area contributed by atoms with Gasteiger partial charge >= 0.3 is 0 Å². The number of carbonyl (C=O) groups excluding carboxylic acids is 1. The quantitative estimate of drug-likeness (QED) is 0.310. The van der Waals surface area contributed by atoms with Crippen molar-refractivity contribution in [2.24, 2.45) is 0 Å². The highest BCUT2D eigenvalue weighted by molar-refractivity contribution is 6.30. The standard InChI is InChI=1S/C28H24ClN5O3/c1-36-22-12-3-18(4-13-22)5-16-26(35)31-27-32-28-30-24(19-6-10-21(29)11-7-19)17-25(34(28)33-27)20-8-14-23(37-2)15-9-20/h3-17,25H,1-2H3,(H2,30,31,32,33,35). The lowest BCUT2D eigenvalue weighted by Crippen LogP contribution is -2.20. The van der Waals surface area contributed by atoms with Crippen LogP contribution in [-0.2, 0) is 4.79 Å². The SMILES string of the molecule is COc1ccc(C=CC(=O)Nc2nc3n(n2)C(c2ccc(OC)cc2)C=C(c2ccc(Cl)cc2)N3)cc1. The molecule has 1 amide bonds. The number of hydrogen-bond acceptors (Lipinski definition) is 6. The molecule has 4 aromatic rings. The predicted octanol–water partition coefficient (Wildman–Crippen LogP) is 5.66. The number of methoxy groups -OCH3 is 2. The van der Waals surface area contributed by atoms with E-state index in [4.69, 9.17) is 21.1 Å². The molecule has 8 nitrogen and oxygen atoms in total.